The van der Waals surface area contributed by atoms with Crippen molar-refractivity contribution in [1.29, 1.82) is 0 Å². The van der Waals surface area contributed by atoms with Crippen LogP contribution in [0.25, 0.3) is 0 Å². The molecule has 0 aliphatic heterocycles. The highest BCUT2D eigenvalue weighted by atomic mass is 15.2. The van der Waals surface area contributed by atoms with Crippen molar-refractivity contribution in [1.82, 2.24) is 9.55 Å². The fraction of sp³-hybridized carbons (Fsp3) is 0.786. The molecular weight excluding hydrogens is 210 g/mol. The zero-order valence-electron chi connectivity index (χ0n) is 10.9. The zero-order chi connectivity index (χ0) is 11.8. The van der Waals surface area contributed by atoms with Gasteiger partial charge in [0.2, 0.25) is 5.95 Å². The molecule has 1 unspecified atom stereocenters. The molecule has 3 heteroatoms. The highest BCUT2D eigenvalue weighted by molar-refractivity contribution is 5.32. The van der Waals surface area contributed by atoms with Crippen LogP contribution in [0.5, 0.6) is 0 Å². The predicted molar refractivity (Wildman–Crippen MR) is 70.3 cm³/mol. The van der Waals surface area contributed by atoms with Crippen molar-refractivity contribution in [3.8, 4) is 0 Å². The Morgan fingerprint density at radius 3 is 2.76 bits per heavy atom. The summed E-state index contributed by atoms with van der Waals surface area (Å²) in [5.74, 6) is 2.09. The summed E-state index contributed by atoms with van der Waals surface area (Å²) in [6, 6.07) is 1.33. The van der Waals surface area contributed by atoms with Gasteiger partial charge in [-0.05, 0) is 38.5 Å². The summed E-state index contributed by atoms with van der Waals surface area (Å²) in [5, 5.41) is 3.57. The van der Waals surface area contributed by atoms with E-state index in [1.807, 2.05) is 0 Å². The van der Waals surface area contributed by atoms with Crippen LogP contribution >= 0.6 is 0 Å². The summed E-state index contributed by atoms with van der Waals surface area (Å²) in [6.07, 6.45) is 10.3. The first-order chi connectivity index (χ1) is 8.26. The molecule has 1 N–H and O–H groups in total. The van der Waals surface area contributed by atoms with E-state index < -0.39 is 0 Å². The molecule has 3 rings (SSSR count). The molecule has 0 saturated heterocycles. The van der Waals surface area contributed by atoms with Gasteiger partial charge in [0, 0.05) is 18.3 Å². The first-order valence-corrected chi connectivity index (χ1v) is 7.08. The second-order valence-electron chi connectivity index (χ2n) is 5.77. The molecule has 94 valence electrons. The summed E-state index contributed by atoms with van der Waals surface area (Å²) < 4.78 is 2.39. The number of hydrogen-bond donors (Lipinski definition) is 1. The van der Waals surface area contributed by atoms with Crippen LogP contribution in [0.1, 0.15) is 57.2 Å². The Labute approximate surface area is 104 Å². The minimum atomic E-state index is 0.643. The van der Waals surface area contributed by atoms with Gasteiger partial charge >= 0.3 is 0 Å². The molecule has 17 heavy (non-hydrogen) atoms. The van der Waals surface area contributed by atoms with Crippen molar-refractivity contribution in [3.63, 3.8) is 0 Å². The molecule has 1 atom stereocenters. The van der Waals surface area contributed by atoms with E-state index in [1.165, 1.54) is 38.5 Å². The summed E-state index contributed by atoms with van der Waals surface area (Å²) in [6.45, 7) is 4.39. The van der Waals surface area contributed by atoms with Gasteiger partial charge in [-0.1, -0.05) is 19.8 Å². The third-order valence-electron chi connectivity index (χ3n) is 3.93. The maximum atomic E-state index is 4.64. The molecule has 1 aromatic rings. The monoisotopic (exact) mass is 233 g/mol. The van der Waals surface area contributed by atoms with Crippen molar-refractivity contribution < 1.29 is 0 Å². The van der Waals surface area contributed by atoms with E-state index >= 15 is 0 Å². The maximum Gasteiger partial charge on any atom is 0.203 e. The third-order valence-corrected chi connectivity index (χ3v) is 3.93. The van der Waals surface area contributed by atoms with Gasteiger partial charge in [0.1, 0.15) is 0 Å². The van der Waals surface area contributed by atoms with Gasteiger partial charge in [-0.15, -0.1) is 0 Å². The van der Waals surface area contributed by atoms with Crippen molar-refractivity contribution >= 4 is 5.95 Å². The number of aromatic nitrogens is 2. The number of nitrogens with one attached hydrogen (secondary N) is 1. The van der Waals surface area contributed by atoms with Crippen molar-refractivity contribution in [2.75, 3.05) is 5.32 Å². The second-order valence-corrected chi connectivity index (χ2v) is 5.77. The maximum absolute atomic E-state index is 4.64. The van der Waals surface area contributed by atoms with E-state index in [2.05, 4.69) is 34.9 Å². The Kier molecular flexibility index (Phi) is 2.85. The molecule has 2 aliphatic carbocycles. The molecule has 0 radical (unpaired) electrons. The normalized spacial score (nSPS) is 21.5. The Morgan fingerprint density at radius 2 is 2.18 bits per heavy atom. The Morgan fingerprint density at radius 1 is 1.41 bits per heavy atom. The summed E-state index contributed by atoms with van der Waals surface area (Å²) >= 11 is 0. The van der Waals surface area contributed by atoms with Gasteiger partial charge in [0.05, 0.1) is 5.69 Å². The number of hydrogen-bond acceptors (Lipinski definition) is 2. The van der Waals surface area contributed by atoms with E-state index in [-0.39, 0.29) is 0 Å². The van der Waals surface area contributed by atoms with Crippen LogP contribution in [0.3, 0.4) is 0 Å². The summed E-state index contributed by atoms with van der Waals surface area (Å²) in [7, 11) is 0. The average Bonchev–Trinajstić information content (AvgIpc) is 3.18. The number of rotatable bonds is 6. The fourth-order valence-corrected chi connectivity index (χ4v) is 2.53. The quantitative estimate of drug-likeness (QED) is 0.814. The van der Waals surface area contributed by atoms with Crippen LogP contribution in [0.2, 0.25) is 0 Å². The van der Waals surface area contributed by atoms with E-state index in [0.717, 1.165) is 17.6 Å². The number of anilines is 1. The SMILES string of the molecule is CCC(CC1CC1)n1cc(C)nc1NC1CC1. The van der Waals surface area contributed by atoms with Crippen LogP contribution in [0.15, 0.2) is 6.20 Å². The first kappa shape index (κ1) is 11.1. The molecule has 0 amide bonds. The van der Waals surface area contributed by atoms with Gasteiger partial charge in [-0.25, -0.2) is 4.98 Å². The Hall–Kier alpha value is -0.990. The fourth-order valence-electron chi connectivity index (χ4n) is 2.53. The van der Waals surface area contributed by atoms with Crippen LogP contribution in [-0.2, 0) is 0 Å². The lowest BCUT2D eigenvalue weighted by Crippen LogP contribution is -2.14. The van der Waals surface area contributed by atoms with Crippen LogP contribution in [0.4, 0.5) is 5.95 Å². The number of aryl methyl sites for hydroxylation is 1. The number of imidazole rings is 1. The zero-order valence-corrected chi connectivity index (χ0v) is 10.9. The lowest BCUT2D eigenvalue weighted by molar-refractivity contribution is 0.431. The lowest BCUT2D eigenvalue weighted by Gasteiger charge is -2.19. The van der Waals surface area contributed by atoms with Crippen LogP contribution in [-0.4, -0.2) is 15.6 Å². The first-order valence-electron chi connectivity index (χ1n) is 7.08. The molecular formula is C14H23N3. The van der Waals surface area contributed by atoms with E-state index in [0.29, 0.717) is 12.1 Å². The van der Waals surface area contributed by atoms with E-state index in [4.69, 9.17) is 0 Å². The van der Waals surface area contributed by atoms with Crippen LogP contribution < -0.4 is 5.32 Å². The third kappa shape index (κ3) is 2.64. The number of nitrogens with zero attached hydrogens (tertiary/aromatic N) is 2. The lowest BCUT2D eigenvalue weighted by atomic mass is 10.1. The highest BCUT2D eigenvalue weighted by Gasteiger charge is 2.28. The van der Waals surface area contributed by atoms with Gasteiger partial charge < -0.3 is 9.88 Å². The highest BCUT2D eigenvalue weighted by Crippen LogP contribution is 2.39. The molecule has 0 aromatic carbocycles. The Bertz CT molecular complexity index is 388. The second kappa shape index (κ2) is 4.35. The van der Waals surface area contributed by atoms with Crippen LogP contribution in [0, 0.1) is 12.8 Å². The minimum Gasteiger partial charge on any atom is -0.353 e. The smallest absolute Gasteiger partial charge is 0.203 e. The standard InChI is InChI=1S/C14H23N3/c1-3-13(8-11-4-5-11)17-9-10(2)15-14(17)16-12-6-7-12/h9,11-13H,3-8H2,1-2H3,(H,15,16). The summed E-state index contributed by atoms with van der Waals surface area (Å²) in [4.78, 5) is 4.64. The van der Waals surface area contributed by atoms with Gasteiger partial charge in [0.15, 0.2) is 0 Å². The van der Waals surface area contributed by atoms with Gasteiger partial charge in [-0.2, -0.15) is 0 Å². The summed E-state index contributed by atoms with van der Waals surface area (Å²) in [5.41, 5.74) is 1.14. The van der Waals surface area contributed by atoms with Gasteiger partial charge in [-0.3, -0.25) is 0 Å². The molecule has 1 aromatic heterocycles. The van der Waals surface area contributed by atoms with E-state index in [9.17, 15) is 0 Å². The molecule has 3 nitrogen and oxygen atoms in total. The molecule has 0 spiro atoms. The van der Waals surface area contributed by atoms with Crippen molar-refractivity contribution in [2.24, 2.45) is 5.92 Å². The minimum absolute atomic E-state index is 0.643. The average molecular weight is 233 g/mol. The molecule has 2 aliphatic rings. The van der Waals surface area contributed by atoms with Gasteiger partial charge in [0.25, 0.3) is 0 Å². The molecule has 0 bridgehead atoms. The molecule has 1 heterocycles. The molecule has 2 saturated carbocycles. The van der Waals surface area contributed by atoms with E-state index in [1.54, 1.807) is 0 Å². The molecule has 2 fully saturated rings. The van der Waals surface area contributed by atoms with Crippen molar-refractivity contribution in [2.45, 2.75) is 64.5 Å². The topological polar surface area (TPSA) is 29.9 Å². The largest absolute Gasteiger partial charge is 0.353 e. The predicted octanol–water partition coefficient (Wildman–Crippen LogP) is 3.52. The van der Waals surface area contributed by atoms with Crippen molar-refractivity contribution in [3.05, 3.63) is 11.9 Å². The Balaban J connectivity index is 1.76.